The van der Waals surface area contributed by atoms with Crippen molar-refractivity contribution in [2.45, 2.75) is 17.7 Å². The number of nitrogens with zero attached hydrogens (tertiary/aromatic N) is 2. The minimum Gasteiger partial charge on any atom is -0.396 e. The van der Waals surface area contributed by atoms with Crippen molar-refractivity contribution in [3.05, 3.63) is 29.3 Å². The maximum absolute atomic E-state index is 12.5. The van der Waals surface area contributed by atoms with E-state index in [4.69, 9.17) is 11.6 Å². The van der Waals surface area contributed by atoms with Crippen molar-refractivity contribution < 1.29 is 9.90 Å². The quantitative estimate of drug-likeness (QED) is 0.796. The number of hydrogen-bond acceptors (Lipinski definition) is 4. The minimum atomic E-state index is -0.192. The van der Waals surface area contributed by atoms with E-state index in [2.05, 4.69) is 4.90 Å². The van der Waals surface area contributed by atoms with E-state index in [1.807, 2.05) is 43.3 Å². The Kier molecular flexibility index (Phi) is 6.77. The highest BCUT2D eigenvalue weighted by molar-refractivity contribution is 8.00. The van der Waals surface area contributed by atoms with Crippen LogP contribution in [0, 0.1) is 5.41 Å². The number of benzene rings is 1. The van der Waals surface area contributed by atoms with Gasteiger partial charge in [-0.05, 0) is 51.2 Å². The van der Waals surface area contributed by atoms with Gasteiger partial charge in [-0.15, -0.1) is 11.8 Å². The molecule has 2 rings (SSSR count). The average Bonchev–Trinajstić information content (AvgIpc) is 2.53. The number of thioether (sulfide) groups is 1. The SMILES string of the molecule is CN(C)C[C@]1(CO)CCCN(C(=O)CSc2ccc(Cl)cc2)C1. The Morgan fingerprint density at radius 2 is 2.09 bits per heavy atom. The van der Waals surface area contributed by atoms with Gasteiger partial charge in [0.05, 0.1) is 12.4 Å². The summed E-state index contributed by atoms with van der Waals surface area (Å²) in [7, 11) is 4.02. The molecule has 0 radical (unpaired) electrons. The molecule has 0 spiro atoms. The van der Waals surface area contributed by atoms with Gasteiger partial charge in [-0.2, -0.15) is 0 Å². The second-order valence-electron chi connectivity index (χ2n) is 6.56. The van der Waals surface area contributed by atoms with Crippen LogP contribution in [0.15, 0.2) is 29.2 Å². The summed E-state index contributed by atoms with van der Waals surface area (Å²) < 4.78 is 0. The number of aliphatic hydroxyl groups excluding tert-OH is 1. The van der Waals surface area contributed by atoms with Gasteiger partial charge in [0.2, 0.25) is 5.91 Å². The summed E-state index contributed by atoms with van der Waals surface area (Å²) in [6.07, 6.45) is 1.92. The molecule has 1 saturated heterocycles. The Hall–Kier alpha value is -0.750. The Bertz CT molecular complexity index is 524. The van der Waals surface area contributed by atoms with Crippen molar-refractivity contribution in [2.24, 2.45) is 5.41 Å². The number of halogens is 1. The number of aliphatic hydroxyl groups is 1. The first-order valence-corrected chi connectivity index (χ1v) is 9.22. The summed E-state index contributed by atoms with van der Waals surface area (Å²) in [6, 6.07) is 7.54. The van der Waals surface area contributed by atoms with Crippen LogP contribution < -0.4 is 0 Å². The monoisotopic (exact) mass is 356 g/mol. The molecule has 4 nitrogen and oxygen atoms in total. The molecular formula is C17H25ClN2O2S. The van der Waals surface area contributed by atoms with E-state index in [9.17, 15) is 9.90 Å². The highest BCUT2D eigenvalue weighted by Gasteiger charge is 2.37. The lowest BCUT2D eigenvalue weighted by atomic mass is 9.80. The highest BCUT2D eigenvalue weighted by atomic mass is 35.5. The summed E-state index contributed by atoms with van der Waals surface area (Å²) in [5, 5.41) is 10.5. The maximum Gasteiger partial charge on any atom is 0.232 e. The fraction of sp³-hybridized carbons (Fsp3) is 0.588. The van der Waals surface area contributed by atoms with Crippen LogP contribution in [0.1, 0.15) is 12.8 Å². The molecule has 128 valence electrons. The van der Waals surface area contributed by atoms with E-state index >= 15 is 0 Å². The van der Waals surface area contributed by atoms with E-state index in [0.29, 0.717) is 17.3 Å². The average molecular weight is 357 g/mol. The summed E-state index contributed by atoms with van der Waals surface area (Å²) in [6.45, 7) is 2.35. The Morgan fingerprint density at radius 1 is 1.39 bits per heavy atom. The van der Waals surface area contributed by atoms with Crippen LogP contribution in [0.2, 0.25) is 5.02 Å². The zero-order valence-corrected chi connectivity index (χ0v) is 15.4. The lowest BCUT2D eigenvalue weighted by molar-refractivity contribution is -0.133. The van der Waals surface area contributed by atoms with Gasteiger partial charge in [0, 0.05) is 35.0 Å². The maximum atomic E-state index is 12.5. The fourth-order valence-corrected chi connectivity index (χ4v) is 4.09. The third-order valence-corrected chi connectivity index (χ3v) is 5.43. The van der Waals surface area contributed by atoms with Crippen molar-refractivity contribution in [2.75, 3.05) is 46.1 Å². The van der Waals surface area contributed by atoms with Crippen LogP contribution in [0.3, 0.4) is 0 Å². The number of piperidine rings is 1. The van der Waals surface area contributed by atoms with Crippen LogP contribution in [0.25, 0.3) is 0 Å². The summed E-state index contributed by atoms with van der Waals surface area (Å²) in [4.78, 5) is 17.6. The van der Waals surface area contributed by atoms with Crippen LogP contribution in [-0.4, -0.2) is 66.9 Å². The number of carbonyl (C=O) groups is 1. The molecule has 0 saturated carbocycles. The molecule has 1 aliphatic heterocycles. The zero-order valence-electron chi connectivity index (χ0n) is 13.8. The van der Waals surface area contributed by atoms with Gasteiger partial charge in [-0.3, -0.25) is 4.79 Å². The predicted octanol–water partition coefficient (Wildman–Crippen LogP) is 2.59. The number of carbonyl (C=O) groups excluding carboxylic acids is 1. The smallest absolute Gasteiger partial charge is 0.232 e. The predicted molar refractivity (Wildman–Crippen MR) is 96.1 cm³/mol. The summed E-state index contributed by atoms with van der Waals surface area (Å²) >= 11 is 7.40. The molecule has 0 aliphatic carbocycles. The van der Waals surface area contributed by atoms with Crippen LogP contribution in [0.4, 0.5) is 0 Å². The van der Waals surface area contributed by atoms with Crippen LogP contribution in [-0.2, 0) is 4.79 Å². The number of likely N-dealkylation sites (tertiary alicyclic amines) is 1. The number of rotatable bonds is 6. The van der Waals surface area contributed by atoms with E-state index in [-0.39, 0.29) is 17.9 Å². The first-order chi connectivity index (χ1) is 10.9. The van der Waals surface area contributed by atoms with Gasteiger partial charge in [0.15, 0.2) is 0 Å². The largest absolute Gasteiger partial charge is 0.396 e. The third-order valence-electron chi connectivity index (χ3n) is 4.18. The molecule has 23 heavy (non-hydrogen) atoms. The first kappa shape index (κ1) is 18.6. The van der Waals surface area contributed by atoms with Crippen molar-refractivity contribution in [1.82, 2.24) is 9.80 Å². The fourth-order valence-electron chi connectivity index (χ4n) is 3.17. The van der Waals surface area contributed by atoms with Gasteiger partial charge in [0.1, 0.15) is 0 Å². The Morgan fingerprint density at radius 3 is 2.70 bits per heavy atom. The second kappa shape index (κ2) is 8.38. The van der Waals surface area contributed by atoms with Gasteiger partial charge < -0.3 is 14.9 Å². The topological polar surface area (TPSA) is 43.8 Å². The van der Waals surface area contributed by atoms with E-state index in [1.165, 1.54) is 11.8 Å². The lowest BCUT2D eigenvalue weighted by Crippen LogP contribution is -2.52. The molecule has 0 aromatic heterocycles. The molecule has 1 aliphatic rings. The van der Waals surface area contributed by atoms with Gasteiger partial charge in [0.25, 0.3) is 0 Å². The number of amides is 1. The Labute approximate surface area is 147 Å². The summed E-state index contributed by atoms with van der Waals surface area (Å²) in [5.74, 6) is 0.562. The second-order valence-corrected chi connectivity index (χ2v) is 8.04. The lowest BCUT2D eigenvalue weighted by Gasteiger charge is -2.43. The zero-order chi connectivity index (χ0) is 16.9. The highest BCUT2D eigenvalue weighted by Crippen LogP contribution is 2.31. The van der Waals surface area contributed by atoms with Crippen LogP contribution in [0.5, 0.6) is 0 Å². The molecular weight excluding hydrogens is 332 g/mol. The van der Waals surface area contributed by atoms with Crippen molar-refractivity contribution in [3.8, 4) is 0 Å². The van der Waals surface area contributed by atoms with Crippen molar-refractivity contribution in [3.63, 3.8) is 0 Å². The molecule has 1 fully saturated rings. The van der Waals surface area contributed by atoms with Crippen molar-refractivity contribution in [1.29, 1.82) is 0 Å². The molecule has 1 aromatic carbocycles. The molecule has 1 heterocycles. The van der Waals surface area contributed by atoms with E-state index in [0.717, 1.165) is 30.8 Å². The Balaban J connectivity index is 1.92. The van der Waals surface area contributed by atoms with Gasteiger partial charge in [-0.25, -0.2) is 0 Å². The molecule has 1 amide bonds. The number of hydrogen-bond donors (Lipinski definition) is 1. The summed E-state index contributed by atoms with van der Waals surface area (Å²) in [5.41, 5.74) is -0.192. The molecule has 1 atom stereocenters. The molecule has 1 N–H and O–H groups in total. The van der Waals surface area contributed by atoms with Crippen molar-refractivity contribution >= 4 is 29.3 Å². The minimum absolute atomic E-state index is 0.124. The molecule has 0 unspecified atom stereocenters. The normalized spacial score (nSPS) is 21.7. The van der Waals surface area contributed by atoms with Gasteiger partial charge in [-0.1, -0.05) is 11.6 Å². The molecule has 1 aromatic rings. The molecule has 0 bridgehead atoms. The van der Waals surface area contributed by atoms with Gasteiger partial charge >= 0.3 is 0 Å². The molecule has 6 heteroatoms. The third kappa shape index (κ3) is 5.38. The van der Waals surface area contributed by atoms with E-state index in [1.54, 1.807) is 0 Å². The van der Waals surface area contributed by atoms with Crippen LogP contribution >= 0.6 is 23.4 Å². The van der Waals surface area contributed by atoms with E-state index < -0.39 is 0 Å². The first-order valence-electron chi connectivity index (χ1n) is 7.86. The standard InChI is InChI=1S/C17H25ClN2O2S/c1-19(2)11-17(13-21)8-3-9-20(12-17)16(22)10-23-15-6-4-14(18)5-7-15/h4-7,21H,3,8-13H2,1-2H3/t17-/m1/s1.